The van der Waals surface area contributed by atoms with E-state index in [9.17, 15) is 8.42 Å². The number of nitrogens with zero attached hydrogens (tertiary/aromatic N) is 2. The largest absolute Gasteiger partial charge is 0.444 e. The van der Waals surface area contributed by atoms with Crippen LogP contribution in [0.3, 0.4) is 0 Å². The highest BCUT2D eigenvalue weighted by Crippen LogP contribution is 2.18. The Bertz CT molecular complexity index is 845. The molecule has 0 unspecified atom stereocenters. The van der Waals surface area contributed by atoms with Crippen molar-refractivity contribution in [3.63, 3.8) is 0 Å². The third-order valence-electron chi connectivity index (χ3n) is 3.65. The highest BCUT2D eigenvalue weighted by Gasteiger charge is 2.07. The highest BCUT2D eigenvalue weighted by atomic mass is 32.2. The van der Waals surface area contributed by atoms with E-state index in [-0.39, 0.29) is 12.4 Å². The van der Waals surface area contributed by atoms with Crippen LogP contribution in [-0.4, -0.2) is 58.2 Å². The first-order valence-corrected chi connectivity index (χ1v) is 10.6. The van der Waals surface area contributed by atoms with Gasteiger partial charge in [0.1, 0.15) is 16.1 Å². The molecular formula is C18H26N4O4S. The van der Waals surface area contributed by atoms with Crippen molar-refractivity contribution >= 4 is 15.8 Å². The first-order chi connectivity index (χ1) is 12.9. The van der Waals surface area contributed by atoms with E-state index in [0.29, 0.717) is 31.5 Å². The maximum Gasteiger partial charge on any atom is 0.226 e. The Balaban J connectivity index is 1.72. The quantitative estimate of drug-likeness (QED) is 0.376. The number of aromatic nitrogens is 1. The molecule has 1 aromatic carbocycles. The monoisotopic (exact) mass is 394 g/mol. The van der Waals surface area contributed by atoms with E-state index in [1.54, 1.807) is 13.3 Å². The standard InChI is InChI=1S/C18H26N4O4S/c1-14-4-6-15(7-5-14)17-22-16(13-26-17)12-21-18(19-2)20-8-9-25-10-11-27(3,23)24/h4-7,13H,8-12H2,1-3H3,(H2,19,20,21). The number of nitrogens with one attached hydrogen (secondary N) is 2. The fourth-order valence-electron chi connectivity index (χ4n) is 2.17. The second-order valence-electron chi connectivity index (χ2n) is 6.10. The third kappa shape index (κ3) is 7.79. The van der Waals surface area contributed by atoms with Gasteiger partial charge in [0.2, 0.25) is 5.89 Å². The Morgan fingerprint density at radius 1 is 1.22 bits per heavy atom. The van der Waals surface area contributed by atoms with Gasteiger partial charge in [0.15, 0.2) is 5.96 Å². The van der Waals surface area contributed by atoms with E-state index < -0.39 is 9.84 Å². The lowest BCUT2D eigenvalue weighted by Gasteiger charge is -2.11. The van der Waals surface area contributed by atoms with E-state index in [1.165, 1.54) is 11.8 Å². The minimum Gasteiger partial charge on any atom is -0.444 e. The Morgan fingerprint density at radius 3 is 2.63 bits per heavy atom. The summed E-state index contributed by atoms with van der Waals surface area (Å²) in [5, 5.41) is 6.23. The molecule has 2 N–H and O–H groups in total. The average Bonchev–Trinajstić information content (AvgIpc) is 3.09. The molecule has 0 saturated carbocycles. The van der Waals surface area contributed by atoms with Crippen molar-refractivity contribution in [2.24, 2.45) is 4.99 Å². The van der Waals surface area contributed by atoms with Crippen molar-refractivity contribution in [3.8, 4) is 11.5 Å². The maximum absolute atomic E-state index is 11.0. The Hall–Kier alpha value is -2.39. The van der Waals surface area contributed by atoms with E-state index in [4.69, 9.17) is 9.15 Å². The van der Waals surface area contributed by atoms with Gasteiger partial charge >= 0.3 is 0 Å². The van der Waals surface area contributed by atoms with Gasteiger partial charge < -0.3 is 19.8 Å². The number of guanidine groups is 1. The molecule has 0 spiro atoms. The summed E-state index contributed by atoms with van der Waals surface area (Å²) in [6.45, 7) is 3.58. The summed E-state index contributed by atoms with van der Waals surface area (Å²) in [7, 11) is -1.32. The second-order valence-corrected chi connectivity index (χ2v) is 8.36. The topological polar surface area (TPSA) is 106 Å². The van der Waals surface area contributed by atoms with Crippen molar-refractivity contribution < 1.29 is 17.6 Å². The number of aryl methyl sites for hydroxylation is 1. The molecule has 0 aliphatic heterocycles. The SMILES string of the molecule is CN=C(NCCOCCS(C)(=O)=O)NCc1coc(-c2ccc(C)cc2)n1. The van der Waals surface area contributed by atoms with Gasteiger partial charge in [-0.25, -0.2) is 13.4 Å². The van der Waals surface area contributed by atoms with Gasteiger partial charge in [-0.05, 0) is 19.1 Å². The van der Waals surface area contributed by atoms with Crippen LogP contribution in [0.15, 0.2) is 39.9 Å². The fourth-order valence-corrected chi connectivity index (χ4v) is 2.59. The van der Waals surface area contributed by atoms with Crippen molar-refractivity contribution in [2.75, 3.05) is 38.8 Å². The fraction of sp³-hybridized carbons (Fsp3) is 0.444. The lowest BCUT2D eigenvalue weighted by molar-refractivity contribution is 0.154. The first kappa shape index (κ1) is 20.9. The van der Waals surface area contributed by atoms with Gasteiger partial charge in [-0.15, -0.1) is 0 Å². The van der Waals surface area contributed by atoms with Crippen LogP contribution in [0, 0.1) is 6.92 Å². The average molecular weight is 394 g/mol. The van der Waals surface area contributed by atoms with Crippen LogP contribution in [0.25, 0.3) is 11.5 Å². The molecule has 0 aliphatic rings. The summed E-state index contributed by atoms with van der Waals surface area (Å²) in [6, 6.07) is 7.98. The third-order valence-corrected chi connectivity index (χ3v) is 4.56. The number of hydrogen-bond acceptors (Lipinski definition) is 6. The Kier molecular flexibility index (Phi) is 7.81. The molecule has 0 saturated heterocycles. The number of rotatable bonds is 9. The van der Waals surface area contributed by atoms with Gasteiger partial charge in [-0.3, -0.25) is 4.99 Å². The smallest absolute Gasteiger partial charge is 0.226 e. The summed E-state index contributed by atoms with van der Waals surface area (Å²) < 4.78 is 32.8. The van der Waals surface area contributed by atoms with Crippen molar-refractivity contribution in [1.82, 2.24) is 15.6 Å². The molecule has 27 heavy (non-hydrogen) atoms. The predicted molar refractivity (Wildman–Crippen MR) is 105 cm³/mol. The first-order valence-electron chi connectivity index (χ1n) is 8.59. The van der Waals surface area contributed by atoms with Crippen LogP contribution in [0.5, 0.6) is 0 Å². The van der Waals surface area contributed by atoms with E-state index in [1.807, 2.05) is 31.2 Å². The molecule has 0 amide bonds. The molecule has 0 atom stereocenters. The van der Waals surface area contributed by atoms with Gasteiger partial charge in [0, 0.05) is 25.4 Å². The second kappa shape index (κ2) is 10.1. The molecule has 0 aliphatic carbocycles. The van der Waals surface area contributed by atoms with E-state index >= 15 is 0 Å². The molecule has 0 fully saturated rings. The number of aliphatic imine (C=N–C) groups is 1. The van der Waals surface area contributed by atoms with Gasteiger partial charge in [-0.2, -0.15) is 0 Å². The van der Waals surface area contributed by atoms with Crippen LogP contribution in [-0.2, 0) is 21.1 Å². The molecule has 1 aromatic heterocycles. The maximum atomic E-state index is 11.0. The van der Waals surface area contributed by atoms with Gasteiger partial charge in [0.25, 0.3) is 0 Å². The predicted octanol–water partition coefficient (Wildman–Crippen LogP) is 1.38. The van der Waals surface area contributed by atoms with Crippen LogP contribution in [0.1, 0.15) is 11.3 Å². The minimum atomic E-state index is -2.99. The zero-order valence-electron chi connectivity index (χ0n) is 15.9. The van der Waals surface area contributed by atoms with Gasteiger partial charge in [-0.1, -0.05) is 17.7 Å². The number of hydrogen-bond donors (Lipinski definition) is 2. The number of oxazole rings is 1. The molecule has 2 rings (SSSR count). The molecule has 9 heteroatoms. The number of sulfone groups is 1. The van der Waals surface area contributed by atoms with Crippen LogP contribution >= 0.6 is 0 Å². The number of benzene rings is 1. The molecular weight excluding hydrogens is 368 g/mol. The summed E-state index contributed by atoms with van der Waals surface area (Å²) in [5.74, 6) is 1.20. The molecule has 0 bridgehead atoms. The highest BCUT2D eigenvalue weighted by molar-refractivity contribution is 7.90. The lowest BCUT2D eigenvalue weighted by atomic mass is 10.1. The lowest BCUT2D eigenvalue weighted by Crippen LogP contribution is -2.38. The normalized spacial score (nSPS) is 12.2. The van der Waals surface area contributed by atoms with Crippen molar-refractivity contribution in [1.29, 1.82) is 0 Å². The molecule has 0 radical (unpaired) electrons. The van der Waals surface area contributed by atoms with Gasteiger partial charge in [0.05, 0.1) is 31.2 Å². The summed E-state index contributed by atoms with van der Waals surface area (Å²) >= 11 is 0. The summed E-state index contributed by atoms with van der Waals surface area (Å²) in [5.41, 5.74) is 2.88. The minimum absolute atomic E-state index is 0.0233. The number of ether oxygens (including phenoxy) is 1. The van der Waals surface area contributed by atoms with Crippen molar-refractivity contribution in [3.05, 3.63) is 41.8 Å². The molecule has 8 nitrogen and oxygen atoms in total. The Morgan fingerprint density at radius 2 is 1.96 bits per heavy atom. The van der Waals surface area contributed by atoms with Crippen LogP contribution < -0.4 is 10.6 Å². The van der Waals surface area contributed by atoms with E-state index in [2.05, 4.69) is 20.6 Å². The zero-order valence-corrected chi connectivity index (χ0v) is 16.7. The zero-order chi connectivity index (χ0) is 19.7. The van der Waals surface area contributed by atoms with Crippen molar-refractivity contribution in [2.45, 2.75) is 13.5 Å². The Labute approximate surface area is 160 Å². The summed E-state index contributed by atoms with van der Waals surface area (Å²) in [4.78, 5) is 8.59. The van der Waals surface area contributed by atoms with Crippen LogP contribution in [0.4, 0.5) is 0 Å². The molecule has 1 heterocycles. The summed E-state index contributed by atoms with van der Waals surface area (Å²) in [6.07, 6.45) is 2.80. The molecule has 2 aromatic rings. The van der Waals surface area contributed by atoms with Crippen LogP contribution in [0.2, 0.25) is 0 Å². The molecule has 148 valence electrons. The van der Waals surface area contributed by atoms with E-state index in [0.717, 1.165) is 11.3 Å².